The molecular weight excluding hydrogens is 595 g/mol. The van der Waals surface area contributed by atoms with Crippen molar-refractivity contribution in [3.8, 4) is 0 Å². The van der Waals surface area contributed by atoms with Gasteiger partial charge in [-0.2, -0.15) is 39.5 Å². The van der Waals surface area contributed by atoms with Crippen LogP contribution in [0.4, 0.5) is 39.5 Å². The minimum Gasteiger partial charge on any atom is -0.257 e. The summed E-state index contributed by atoms with van der Waals surface area (Å²) in [6.45, 7) is 5.53. The normalized spacial score (nSPS) is 14.7. The Kier molecular flexibility index (Phi) is 8.18. The minimum absolute atomic E-state index is 0.0804. The molecule has 3 nitrogen and oxygen atoms in total. The summed E-state index contributed by atoms with van der Waals surface area (Å²) >= 11 is 0. The van der Waals surface area contributed by atoms with Crippen LogP contribution in [-0.4, -0.2) is 35.3 Å². The Hall–Kier alpha value is -2.71. The summed E-state index contributed by atoms with van der Waals surface area (Å²) < 4.78 is 153. The fourth-order valence-electron chi connectivity index (χ4n) is 3.64. The van der Waals surface area contributed by atoms with E-state index in [-0.39, 0.29) is 14.7 Å². The summed E-state index contributed by atoms with van der Waals surface area (Å²) in [6, 6.07) is 19.2. The Morgan fingerprint density at radius 2 is 0.925 bits per heavy atom. The Labute approximate surface area is 226 Å². The van der Waals surface area contributed by atoms with Crippen LogP contribution in [0.3, 0.4) is 0 Å². The van der Waals surface area contributed by atoms with Gasteiger partial charge in [-0.25, -0.2) is 0 Å². The van der Waals surface area contributed by atoms with E-state index < -0.39 is 49.1 Å². The van der Waals surface area contributed by atoms with E-state index in [9.17, 15) is 47.9 Å². The molecular formula is C26H24F9O3S2+. The third kappa shape index (κ3) is 5.20. The lowest BCUT2D eigenvalue weighted by Gasteiger charge is -2.37. The molecule has 0 saturated heterocycles. The van der Waals surface area contributed by atoms with Crippen molar-refractivity contribution in [3.63, 3.8) is 0 Å². The Morgan fingerprint density at radius 1 is 0.550 bits per heavy atom. The van der Waals surface area contributed by atoms with E-state index in [1.54, 1.807) is 0 Å². The average Bonchev–Trinajstić information content (AvgIpc) is 2.87. The Balaban J connectivity index is 2.36. The highest BCUT2D eigenvalue weighted by Crippen LogP contribution is 2.69. The molecule has 220 valence electrons. The molecule has 0 atom stereocenters. The second kappa shape index (κ2) is 10.3. The molecule has 0 spiro atoms. The summed E-state index contributed by atoms with van der Waals surface area (Å²) in [4.78, 5) is -0.256. The van der Waals surface area contributed by atoms with Gasteiger partial charge in [0, 0.05) is 0 Å². The van der Waals surface area contributed by atoms with Gasteiger partial charge in [0.15, 0.2) is 0 Å². The van der Waals surface area contributed by atoms with Crippen molar-refractivity contribution in [3.05, 3.63) is 90.5 Å². The SMILES string of the molecule is CC(C)(C)c1ccc(S([OH+]S(=O)(=O)C(F)(F)C(F)(F)C(F)(F)C(F)(F)F)(c2ccccc2)c2ccccc2)cc1. The van der Waals surface area contributed by atoms with Crippen molar-refractivity contribution >= 4 is 20.4 Å². The third-order valence-corrected chi connectivity index (χ3v) is 11.3. The smallest absolute Gasteiger partial charge is 0.257 e. The van der Waals surface area contributed by atoms with Crippen LogP contribution in [0.25, 0.3) is 0 Å². The first-order valence-corrected chi connectivity index (χ1v) is 14.4. The fourth-order valence-corrected chi connectivity index (χ4v) is 9.13. The van der Waals surface area contributed by atoms with E-state index in [0.29, 0.717) is 5.56 Å². The number of benzene rings is 3. The summed E-state index contributed by atoms with van der Waals surface area (Å²) in [5.41, 5.74) is 0.271. The number of hydrogen-bond acceptors (Lipinski definition) is 2. The first-order chi connectivity index (χ1) is 18.1. The van der Waals surface area contributed by atoms with E-state index in [1.165, 1.54) is 84.9 Å². The lowest BCUT2D eigenvalue weighted by molar-refractivity contribution is -0.382. The van der Waals surface area contributed by atoms with E-state index in [4.69, 9.17) is 0 Å². The van der Waals surface area contributed by atoms with Gasteiger partial charge in [-0.05, 0) is 47.4 Å². The molecule has 0 aliphatic heterocycles. The highest BCUT2D eigenvalue weighted by Gasteiger charge is 2.88. The maximum Gasteiger partial charge on any atom is 0.486 e. The van der Waals surface area contributed by atoms with Gasteiger partial charge < -0.3 is 0 Å². The predicted molar refractivity (Wildman–Crippen MR) is 133 cm³/mol. The van der Waals surface area contributed by atoms with Gasteiger partial charge in [0.2, 0.25) is 0 Å². The molecule has 3 aromatic carbocycles. The molecule has 0 aromatic heterocycles. The molecule has 3 aromatic rings. The molecule has 0 radical (unpaired) electrons. The van der Waals surface area contributed by atoms with Gasteiger partial charge in [-0.15, -0.1) is 8.42 Å². The van der Waals surface area contributed by atoms with Crippen LogP contribution in [0.15, 0.2) is 99.6 Å². The van der Waals surface area contributed by atoms with Crippen molar-refractivity contribution in [2.45, 2.75) is 64.1 Å². The minimum atomic E-state index is -7.41. The fraction of sp³-hybridized carbons (Fsp3) is 0.308. The molecule has 0 fully saturated rings. The van der Waals surface area contributed by atoms with Crippen LogP contribution in [0.5, 0.6) is 0 Å². The number of hydrogen-bond donors (Lipinski definition) is 0. The first-order valence-electron chi connectivity index (χ1n) is 11.4. The molecule has 0 saturated carbocycles. The van der Waals surface area contributed by atoms with Gasteiger partial charge in [-0.1, -0.05) is 69.3 Å². The molecule has 14 heteroatoms. The highest BCUT2D eigenvalue weighted by molar-refractivity contribution is 8.32. The predicted octanol–water partition coefficient (Wildman–Crippen LogP) is 9.03. The van der Waals surface area contributed by atoms with Crippen molar-refractivity contribution in [1.29, 1.82) is 0 Å². The van der Waals surface area contributed by atoms with E-state index in [0.717, 1.165) is 0 Å². The lowest BCUT2D eigenvalue weighted by atomic mass is 9.87. The van der Waals surface area contributed by atoms with E-state index in [1.807, 2.05) is 20.8 Å². The van der Waals surface area contributed by atoms with E-state index >= 15 is 0 Å². The van der Waals surface area contributed by atoms with E-state index in [2.05, 4.69) is 3.63 Å². The Bertz CT molecular complexity index is 1380. The van der Waals surface area contributed by atoms with Crippen LogP contribution in [-0.2, 0) is 15.5 Å². The quantitative estimate of drug-likeness (QED) is 0.144. The topological polar surface area (TPSA) is 46.9 Å². The molecule has 3 rings (SSSR count). The molecule has 0 aliphatic carbocycles. The van der Waals surface area contributed by atoms with Gasteiger partial charge in [0.1, 0.15) is 0 Å². The maximum absolute atomic E-state index is 14.9. The zero-order valence-electron chi connectivity index (χ0n) is 21.1. The number of alkyl halides is 9. The largest absolute Gasteiger partial charge is 0.486 e. The third-order valence-electron chi connectivity index (χ3n) is 5.88. The summed E-state index contributed by atoms with van der Waals surface area (Å²) in [6.07, 6.45) is -7.19. The molecule has 0 amide bonds. The van der Waals surface area contributed by atoms with Crippen LogP contribution in [0.1, 0.15) is 26.3 Å². The zero-order valence-corrected chi connectivity index (χ0v) is 22.7. The zero-order chi connectivity index (χ0) is 30.4. The van der Waals surface area contributed by atoms with Gasteiger partial charge in [-0.3, -0.25) is 3.63 Å². The van der Waals surface area contributed by atoms with Gasteiger partial charge >= 0.3 is 33.4 Å². The molecule has 0 unspecified atom stereocenters. The van der Waals surface area contributed by atoms with Crippen LogP contribution in [0.2, 0.25) is 0 Å². The first kappa shape index (κ1) is 31.8. The van der Waals surface area contributed by atoms with Crippen molar-refractivity contribution in [2.75, 3.05) is 0 Å². The van der Waals surface area contributed by atoms with Crippen molar-refractivity contribution < 1.29 is 51.6 Å². The summed E-state index contributed by atoms with van der Waals surface area (Å²) in [5.74, 6) is -14.8. The monoisotopic (exact) mass is 619 g/mol. The lowest BCUT2D eigenvalue weighted by Crippen LogP contribution is -2.63. The maximum atomic E-state index is 14.9. The Morgan fingerprint density at radius 3 is 1.27 bits per heavy atom. The summed E-state index contributed by atoms with van der Waals surface area (Å²) in [5, 5.41) is -6.97. The molecule has 0 bridgehead atoms. The van der Waals surface area contributed by atoms with Gasteiger partial charge in [0.25, 0.3) is 0 Å². The number of halogens is 9. The summed E-state index contributed by atoms with van der Waals surface area (Å²) in [7, 11) is -11.0. The molecule has 40 heavy (non-hydrogen) atoms. The highest BCUT2D eigenvalue weighted by atomic mass is 32.3. The molecule has 1 N–H and O–H groups in total. The standard InChI is InChI=1S/C26H23F9O3S2/c1-22(2,3)18-14-16-21(17-15-18)39(19-10-6-4-7-11-19,20-12-8-5-9-13-20)38-40(36,37)26(34,35)24(29,30)23(27,28)25(31,32)33/h4-17H,1-3H3/p+1. The average molecular weight is 620 g/mol. The molecule has 0 aliphatic rings. The number of rotatable bonds is 8. The van der Waals surface area contributed by atoms with Gasteiger partial charge in [0.05, 0.1) is 25.0 Å². The van der Waals surface area contributed by atoms with Crippen LogP contribution < -0.4 is 0 Å². The second-order valence-electron chi connectivity index (χ2n) is 9.69. The van der Waals surface area contributed by atoms with Crippen molar-refractivity contribution in [2.24, 2.45) is 0 Å². The molecule has 0 heterocycles. The second-order valence-corrected chi connectivity index (χ2v) is 14.3. The van der Waals surface area contributed by atoms with Crippen LogP contribution in [0, 0.1) is 0 Å². The van der Waals surface area contributed by atoms with Crippen molar-refractivity contribution in [1.82, 2.24) is 0 Å². The van der Waals surface area contributed by atoms with Crippen LogP contribution >= 0.6 is 10.3 Å².